The van der Waals surface area contributed by atoms with Crippen molar-refractivity contribution in [1.29, 1.82) is 0 Å². The van der Waals surface area contributed by atoms with E-state index < -0.39 is 0 Å². The Hall–Kier alpha value is -2.55. The summed E-state index contributed by atoms with van der Waals surface area (Å²) in [6.07, 6.45) is 0. The maximum absolute atomic E-state index is 9.53. The van der Waals surface area contributed by atoms with Crippen LogP contribution < -0.4 is 4.74 Å². The van der Waals surface area contributed by atoms with Crippen LogP contribution in [0, 0.1) is 0 Å². The molecular formula is C16H13NO2. The van der Waals surface area contributed by atoms with Crippen molar-refractivity contribution < 1.29 is 9.84 Å². The normalized spacial score (nSPS) is 10.6. The summed E-state index contributed by atoms with van der Waals surface area (Å²) in [7, 11) is 1.61. The summed E-state index contributed by atoms with van der Waals surface area (Å²) in [4.78, 5) is 4.37. The standard InChI is InChI=1S/C16H13NO2/c1-19-16-8-6-13-9-12(5-7-15(13)17-16)11-3-2-4-14(18)10-11/h2-10,18H,1H3. The van der Waals surface area contributed by atoms with E-state index in [0.717, 1.165) is 22.0 Å². The summed E-state index contributed by atoms with van der Waals surface area (Å²) in [6, 6.07) is 17.0. The molecule has 1 heterocycles. The van der Waals surface area contributed by atoms with Crippen LogP contribution in [0.4, 0.5) is 0 Å². The van der Waals surface area contributed by atoms with E-state index in [1.54, 1.807) is 19.2 Å². The van der Waals surface area contributed by atoms with Crippen LogP contribution in [0.2, 0.25) is 0 Å². The number of pyridine rings is 1. The largest absolute Gasteiger partial charge is 0.508 e. The molecule has 1 aromatic heterocycles. The number of fused-ring (bicyclic) bond motifs is 1. The van der Waals surface area contributed by atoms with Crippen LogP contribution in [0.3, 0.4) is 0 Å². The number of methoxy groups -OCH3 is 1. The number of hydrogen-bond donors (Lipinski definition) is 1. The SMILES string of the molecule is COc1ccc2cc(-c3cccc(O)c3)ccc2n1. The minimum Gasteiger partial charge on any atom is -0.508 e. The van der Waals surface area contributed by atoms with Gasteiger partial charge >= 0.3 is 0 Å². The smallest absolute Gasteiger partial charge is 0.213 e. The van der Waals surface area contributed by atoms with Crippen molar-refractivity contribution in [3.05, 3.63) is 54.6 Å². The highest BCUT2D eigenvalue weighted by atomic mass is 16.5. The van der Waals surface area contributed by atoms with Crippen LogP contribution in [-0.2, 0) is 0 Å². The van der Waals surface area contributed by atoms with Crippen LogP contribution in [0.1, 0.15) is 0 Å². The molecule has 0 atom stereocenters. The predicted molar refractivity (Wildman–Crippen MR) is 75.4 cm³/mol. The molecule has 94 valence electrons. The van der Waals surface area contributed by atoms with E-state index in [2.05, 4.69) is 11.1 Å². The Labute approximate surface area is 111 Å². The Morgan fingerprint density at radius 2 is 1.79 bits per heavy atom. The lowest BCUT2D eigenvalue weighted by Crippen LogP contribution is -1.88. The van der Waals surface area contributed by atoms with Crippen LogP contribution >= 0.6 is 0 Å². The monoisotopic (exact) mass is 251 g/mol. The van der Waals surface area contributed by atoms with Crippen molar-refractivity contribution in [3.63, 3.8) is 0 Å². The first-order chi connectivity index (χ1) is 9.26. The Bertz CT molecular complexity index is 738. The van der Waals surface area contributed by atoms with Gasteiger partial charge in [-0.05, 0) is 41.5 Å². The van der Waals surface area contributed by atoms with Gasteiger partial charge in [-0.3, -0.25) is 0 Å². The minimum atomic E-state index is 0.269. The number of hydrogen-bond acceptors (Lipinski definition) is 3. The minimum absolute atomic E-state index is 0.269. The number of phenols is 1. The topological polar surface area (TPSA) is 42.4 Å². The fourth-order valence-corrected chi connectivity index (χ4v) is 2.09. The Morgan fingerprint density at radius 3 is 2.58 bits per heavy atom. The zero-order valence-electron chi connectivity index (χ0n) is 10.5. The number of aromatic nitrogens is 1. The Morgan fingerprint density at radius 1 is 0.947 bits per heavy atom. The van der Waals surface area contributed by atoms with Gasteiger partial charge in [0.1, 0.15) is 5.75 Å². The Balaban J connectivity index is 2.11. The molecule has 3 heteroatoms. The summed E-state index contributed by atoms with van der Waals surface area (Å²) < 4.78 is 5.11. The lowest BCUT2D eigenvalue weighted by Gasteiger charge is -2.05. The lowest BCUT2D eigenvalue weighted by atomic mass is 10.0. The van der Waals surface area contributed by atoms with Gasteiger partial charge in [0.25, 0.3) is 0 Å². The summed E-state index contributed by atoms with van der Waals surface area (Å²) >= 11 is 0. The molecule has 3 rings (SSSR count). The molecule has 0 aliphatic carbocycles. The van der Waals surface area contributed by atoms with Crippen molar-refractivity contribution in [2.45, 2.75) is 0 Å². The van der Waals surface area contributed by atoms with Crippen molar-refractivity contribution >= 4 is 10.9 Å². The number of benzene rings is 2. The van der Waals surface area contributed by atoms with Gasteiger partial charge in [0, 0.05) is 11.5 Å². The lowest BCUT2D eigenvalue weighted by molar-refractivity contribution is 0.399. The molecule has 0 aliphatic heterocycles. The van der Waals surface area contributed by atoms with E-state index in [0.29, 0.717) is 5.88 Å². The molecular weight excluding hydrogens is 238 g/mol. The second-order valence-corrected chi connectivity index (χ2v) is 4.31. The molecule has 3 aromatic rings. The molecule has 0 fully saturated rings. The van der Waals surface area contributed by atoms with Gasteiger partial charge in [-0.1, -0.05) is 18.2 Å². The van der Waals surface area contributed by atoms with Gasteiger partial charge in [0.05, 0.1) is 12.6 Å². The molecule has 0 spiro atoms. The molecule has 0 aliphatic rings. The third kappa shape index (κ3) is 2.22. The quantitative estimate of drug-likeness (QED) is 0.756. The van der Waals surface area contributed by atoms with E-state index in [1.807, 2.05) is 36.4 Å². The van der Waals surface area contributed by atoms with E-state index in [-0.39, 0.29) is 5.75 Å². The molecule has 0 amide bonds. The van der Waals surface area contributed by atoms with Gasteiger partial charge in [0.2, 0.25) is 5.88 Å². The summed E-state index contributed by atoms with van der Waals surface area (Å²) in [5.41, 5.74) is 2.93. The van der Waals surface area contributed by atoms with Gasteiger partial charge < -0.3 is 9.84 Å². The molecule has 0 radical (unpaired) electrons. The van der Waals surface area contributed by atoms with E-state index in [9.17, 15) is 5.11 Å². The van der Waals surface area contributed by atoms with Gasteiger partial charge in [-0.25, -0.2) is 4.98 Å². The summed E-state index contributed by atoms with van der Waals surface area (Å²) in [5.74, 6) is 0.878. The van der Waals surface area contributed by atoms with Crippen LogP contribution in [0.5, 0.6) is 11.6 Å². The fraction of sp³-hybridized carbons (Fsp3) is 0.0625. The summed E-state index contributed by atoms with van der Waals surface area (Å²) in [5, 5.41) is 10.6. The number of ether oxygens (including phenoxy) is 1. The molecule has 19 heavy (non-hydrogen) atoms. The van der Waals surface area contributed by atoms with E-state index in [4.69, 9.17) is 4.74 Å². The highest BCUT2D eigenvalue weighted by Gasteiger charge is 2.02. The van der Waals surface area contributed by atoms with Crippen LogP contribution in [0.25, 0.3) is 22.0 Å². The first-order valence-corrected chi connectivity index (χ1v) is 6.00. The molecule has 3 nitrogen and oxygen atoms in total. The van der Waals surface area contributed by atoms with Crippen molar-refractivity contribution in [2.24, 2.45) is 0 Å². The highest BCUT2D eigenvalue weighted by molar-refractivity contribution is 5.85. The second-order valence-electron chi connectivity index (χ2n) is 4.31. The van der Waals surface area contributed by atoms with Gasteiger partial charge in [-0.2, -0.15) is 0 Å². The third-order valence-electron chi connectivity index (χ3n) is 3.05. The third-order valence-corrected chi connectivity index (χ3v) is 3.05. The number of aromatic hydroxyl groups is 1. The molecule has 0 bridgehead atoms. The van der Waals surface area contributed by atoms with Crippen molar-refractivity contribution in [1.82, 2.24) is 4.98 Å². The average Bonchev–Trinajstić information content (AvgIpc) is 2.46. The van der Waals surface area contributed by atoms with Crippen LogP contribution in [0.15, 0.2) is 54.6 Å². The highest BCUT2D eigenvalue weighted by Crippen LogP contribution is 2.27. The van der Waals surface area contributed by atoms with Crippen molar-refractivity contribution in [3.8, 4) is 22.8 Å². The summed E-state index contributed by atoms with van der Waals surface area (Å²) in [6.45, 7) is 0. The average molecular weight is 251 g/mol. The fourth-order valence-electron chi connectivity index (χ4n) is 2.09. The first-order valence-electron chi connectivity index (χ1n) is 6.00. The molecule has 0 saturated carbocycles. The number of phenolic OH excluding ortho intramolecular Hbond substituents is 1. The zero-order valence-corrected chi connectivity index (χ0v) is 10.5. The van der Waals surface area contributed by atoms with Crippen molar-refractivity contribution in [2.75, 3.05) is 7.11 Å². The molecule has 2 aromatic carbocycles. The van der Waals surface area contributed by atoms with E-state index in [1.165, 1.54) is 0 Å². The van der Waals surface area contributed by atoms with Crippen LogP contribution in [-0.4, -0.2) is 17.2 Å². The number of nitrogens with zero attached hydrogens (tertiary/aromatic N) is 1. The Kier molecular flexibility index (Phi) is 2.80. The molecule has 0 saturated heterocycles. The predicted octanol–water partition coefficient (Wildman–Crippen LogP) is 3.62. The zero-order chi connectivity index (χ0) is 13.2. The molecule has 1 N–H and O–H groups in total. The first kappa shape index (κ1) is 11.5. The maximum atomic E-state index is 9.53. The number of rotatable bonds is 2. The van der Waals surface area contributed by atoms with Gasteiger partial charge in [-0.15, -0.1) is 0 Å². The second kappa shape index (κ2) is 4.61. The van der Waals surface area contributed by atoms with E-state index >= 15 is 0 Å². The van der Waals surface area contributed by atoms with Gasteiger partial charge in [0.15, 0.2) is 0 Å². The molecule has 0 unspecified atom stereocenters. The maximum Gasteiger partial charge on any atom is 0.213 e.